The molecule has 8 heteroatoms. The van der Waals surface area contributed by atoms with Crippen LogP contribution in [0.5, 0.6) is 0 Å². The fourth-order valence-electron chi connectivity index (χ4n) is 3.98. The minimum absolute atomic E-state index is 0.0954. The van der Waals surface area contributed by atoms with E-state index in [1.807, 2.05) is 30.3 Å². The second-order valence-electron chi connectivity index (χ2n) is 7.85. The molecule has 0 radical (unpaired) electrons. The minimum atomic E-state index is -0.662. The van der Waals surface area contributed by atoms with Crippen LogP contribution in [0.15, 0.2) is 88.8 Å². The molecule has 172 valence electrons. The zero-order chi connectivity index (χ0) is 23.5. The van der Waals surface area contributed by atoms with E-state index in [4.69, 9.17) is 9.72 Å². The number of benzene rings is 3. The van der Waals surface area contributed by atoms with Crippen LogP contribution in [0, 0.1) is 5.82 Å². The standard InChI is InChI=1S/C26H22FN3O3S/c27-20-11-5-7-13-22(20)30-24(31)19-10-4-6-12-21(19)28-26(30)34-23(18-8-2-1-3-9-18)25(32)29-14-16-33-17-15-29/h1-13,23H,14-17H2/t23-/m0/s1. The van der Waals surface area contributed by atoms with Crippen molar-refractivity contribution in [1.29, 1.82) is 0 Å². The van der Waals surface area contributed by atoms with E-state index in [2.05, 4.69) is 0 Å². The van der Waals surface area contributed by atoms with Gasteiger partial charge in [0.05, 0.1) is 29.8 Å². The van der Waals surface area contributed by atoms with Crippen LogP contribution in [-0.4, -0.2) is 46.7 Å². The summed E-state index contributed by atoms with van der Waals surface area (Å²) >= 11 is 1.16. The first-order valence-electron chi connectivity index (χ1n) is 11.0. The van der Waals surface area contributed by atoms with E-state index >= 15 is 0 Å². The molecule has 1 aromatic heterocycles. The maximum absolute atomic E-state index is 14.9. The maximum atomic E-state index is 14.9. The van der Waals surface area contributed by atoms with Gasteiger partial charge in [-0.1, -0.05) is 66.4 Å². The van der Waals surface area contributed by atoms with Gasteiger partial charge in [-0.25, -0.2) is 9.37 Å². The largest absolute Gasteiger partial charge is 0.378 e. The topological polar surface area (TPSA) is 64.4 Å². The van der Waals surface area contributed by atoms with E-state index in [1.54, 1.807) is 47.4 Å². The number of aromatic nitrogens is 2. The second kappa shape index (κ2) is 9.79. The van der Waals surface area contributed by atoms with Crippen LogP contribution >= 0.6 is 11.8 Å². The lowest BCUT2D eigenvalue weighted by Gasteiger charge is -2.30. The number of carbonyl (C=O) groups is 1. The van der Waals surface area contributed by atoms with Gasteiger partial charge in [-0.3, -0.25) is 14.2 Å². The number of rotatable bonds is 5. The summed E-state index contributed by atoms with van der Waals surface area (Å²) in [5.41, 5.74) is 0.988. The molecule has 1 aliphatic rings. The Morgan fingerprint density at radius 2 is 1.62 bits per heavy atom. The van der Waals surface area contributed by atoms with Gasteiger partial charge in [-0.05, 0) is 29.8 Å². The van der Waals surface area contributed by atoms with Gasteiger partial charge in [0.2, 0.25) is 5.91 Å². The lowest BCUT2D eigenvalue weighted by atomic mass is 10.1. The number of hydrogen-bond donors (Lipinski definition) is 0. The molecule has 3 aromatic carbocycles. The Morgan fingerprint density at radius 1 is 0.941 bits per heavy atom. The predicted molar refractivity (Wildman–Crippen MR) is 130 cm³/mol. The van der Waals surface area contributed by atoms with Gasteiger partial charge in [0.15, 0.2) is 5.16 Å². The summed E-state index contributed by atoms with van der Waals surface area (Å²) in [7, 11) is 0. The maximum Gasteiger partial charge on any atom is 0.266 e. The SMILES string of the molecule is O=C([C@@H](Sc1nc2ccccc2c(=O)n1-c1ccccc1F)c1ccccc1)N1CCOCC1. The summed E-state index contributed by atoms with van der Waals surface area (Å²) in [4.78, 5) is 33.6. The van der Waals surface area contributed by atoms with E-state index in [1.165, 1.54) is 10.6 Å². The number of hydrogen-bond acceptors (Lipinski definition) is 5. The Bertz CT molecular complexity index is 1390. The predicted octanol–water partition coefficient (Wildman–Crippen LogP) is 4.22. The molecule has 1 amide bonds. The molecule has 0 saturated carbocycles. The number of thioether (sulfide) groups is 1. The van der Waals surface area contributed by atoms with Crippen LogP contribution in [-0.2, 0) is 9.53 Å². The summed E-state index contributed by atoms with van der Waals surface area (Å²) in [5, 5.41) is -0.0273. The van der Waals surface area contributed by atoms with Crippen molar-refractivity contribution in [1.82, 2.24) is 14.5 Å². The minimum Gasteiger partial charge on any atom is -0.378 e. The monoisotopic (exact) mass is 475 g/mol. The lowest BCUT2D eigenvalue weighted by Crippen LogP contribution is -2.42. The molecule has 0 N–H and O–H groups in total. The highest BCUT2D eigenvalue weighted by Gasteiger charge is 2.30. The number of morpholine rings is 1. The van der Waals surface area contributed by atoms with Crippen LogP contribution in [0.25, 0.3) is 16.6 Å². The number of ether oxygens (including phenoxy) is 1. The molecule has 34 heavy (non-hydrogen) atoms. The van der Waals surface area contributed by atoms with Crippen molar-refractivity contribution in [3.8, 4) is 5.69 Å². The number of fused-ring (bicyclic) bond motifs is 1. The van der Waals surface area contributed by atoms with Gasteiger partial charge in [0.25, 0.3) is 5.56 Å². The zero-order valence-corrected chi connectivity index (χ0v) is 19.1. The third-order valence-electron chi connectivity index (χ3n) is 5.71. The summed E-state index contributed by atoms with van der Waals surface area (Å²) in [6.07, 6.45) is 0. The van der Waals surface area contributed by atoms with Crippen molar-refractivity contribution in [2.24, 2.45) is 0 Å². The molecular formula is C26H22FN3O3S. The Morgan fingerprint density at radius 3 is 2.38 bits per heavy atom. The number of nitrogens with zero attached hydrogens (tertiary/aromatic N) is 3. The molecule has 2 heterocycles. The first-order chi connectivity index (χ1) is 16.6. The van der Waals surface area contributed by atoms with Crippen LogP contribution in [0.1, 0.15) is 10.8 Å². The molecular weight excluding hydrogens is 453 g/mol. The van der Waals surface area contributed by atoms with Crippen LogP contribution in [0.3, 0.4) is 0 Å². The molecule has 0 spiro atoms. The summed E-state index contributed by atoms with van der Waals surface area (Å²) in [5.74, 6) is -0.638. The third kappa shape index (κ3) is 4.34. The summed E-state index contributed by atoms with van der Waals surface area (Å²) < 4.78 is 21.5. The van der Waals surface area contributed by atoms with Crippen molar-refractivity contribution in [2.45, 2.75) is 10.4 Å². The smallest absolute Gasteiger partial charge is 0.266 e. The Kier molecular flexibility index (Phi) is 6.42. The molecule has 4 aromatic rings. The molecule has 1 fully saturated rings. The molecule has 0 unspecified atom stereocenters. The van der Waals surface area contributed by atoms with Gasteiger partial charge >= 0.3 is 0 Å². The number of para-hydroxylation sites is 2. The third-order valence-corrected chi connectivity index (χ3v) is 6.91. The Labute approximate surface area is 200 Å². The molecule has 1 saturated heterocycles. The van der Waals surface area contributed by atoms with Gasteiger partial charge in [0.1, 0.15) is 11.1 Å². The molecule has 0 aliphatic carbocycles. The lowest BCUT2D eigenvalue weighted by molar-refractivity contribution is -0.134. The number of carbonyl (C=O) groups excluding carboxylic acids is 1. The van der Waals surface area contributed by atoms with Gasteiger partial charge in [0, 0.05) is 13.1 Å². The van der Waals surface area contributed by atoms with Crippen molar-refractivity contribution >= 4 is 28.6 Å². The zero-order valence-electron chi connectivity index (χ0n) is 18.3. The fourth-order valence-corrected chi connectivity index (χ4v) is 5.17. The van der Waals surface area contributed by atoms with E-state index < -0.39 is 11.1 Å². The van der Waals surface area contributed by atoms with Crippen molar-refractivity contribution in [3.05, 3.63) is 101 Å². The highest BCUT2D eigenvalue weighted by atomic mass is 32.2. The van der Waals surface area contributed by atoms with Crippen molar-refractivity contribution in [3.63, 3.8) is 0 Å². The first kappa shape index (κ1) is 22.3. The van der Waals surface area contributed by atoms with Gasteiger partial charge in [-0.2, -0.15) is 0 Å². The summed E-state index contributed by atoms with van der Waals surface area (Å²) in [6, 6.07) is 22.4. The highest BCUT2D eigenvalue weighted by molar-refractivity contribution is 8.00. The van der Waals surface area contributed by atoms with Crippen LogP contribution in [0.4, 0.5) is 4.39 Å². The molecule has 1 aliphatic heterocycles. The van der Waals surface area contributed by atoms with Gasteiger partial charge < -0.3 is 9.64 Å². The van der Waals surface area contributed by atoms with E-state index in [0.29, 0.717) is 37.2 Å². The van der Waals surface area contributed by atoms with E-state index in [9.17, 15) is 14.0 Å². The number of amides is 1. The second-order valence-corrected chi connectivity index (χ2v) is 8.92. The Balaban J connectivity index is 1.67. The van der Waals surface area contributed by atoms with Crippen LogP contribution < -0.4 is 5.56 Å². The summed E-state index contributed by atoms with van der Waals surface area (Å²) in [6.45, 7) is 1.94. The van der Waals surface area contributed by atoms with Gasteiger partial charge in [-0.15, -0.1) is 0 Å². The average molecular weight is 476 g/mol. The molecule has 0 bridgehead atoms. The normalized spacial score (nSPS) is 14.8. The van der Waals surface area contributed by atoms with Crippen molar-refractivity contribution in [2.75, 3.05) is 26.3 Å². The van der Waals surface area contributed by atoms with E-state index in [0.717, 1.165) is 17.3 Å². The molecule has 6 nitrogen and oxygen atoms in total. The highest BCUT2D eigenvalue weighted by Crippen LogP contribution is 2.37. The van der Waals surface area contributed by atoms with Crippen molar-refractivity contribution < 1.29 is 13.9 Å². The average Bonchev–Trinajstić information content (AvgIpc) is 2.89. The molecule has 5 rings (SSSR count). The first-order valence-corrected chi connectivity index (χ1v) is 11.9. The Hall–Kier alpha value is -3.49. The van der Waals surface area contributed by atoms with E-state index in [-0.39, 0.29) is 22.3 Å². The quantitative estimate of drug-likeness (QED) is 0.320. The molecule has 1 atom stereocenters. The van der Waals surface area contributed by atoms with Crippen LogP contribution in [0.2, 0.25) is 0 Å². The fraction of sp³-hybridized carbons (Fsp3) is 0.192. The number of halogens is 1.